The molecule has 0 aliphatic carbocycles. The fraction of sp³-hybridized carbons (Fsp3) is 0.300. The predicted molar refractivity (Wildman–Crippen MR) is 99.8 cm³/mol. The van der Waals surface area contributed by atoms with E-state index in [1.165, 1.54) is 0 Å². The zero-order valence-corrected chi connectivity index (χ0v) is 15.1. The largest absolute Gasteiger partial charge is 0.495 e. The summed E-state index contributed by atoms with van der Waals surface area (Å²) in [4.78, 5) is 26.8. The van der Waals surface area contributed by atoms with Crippen LogP contribution < -0.4 is 19.7 Å². The van der Waals surface area contributed by atoms with Gasteiger partial charge in [-0.05, 0) is 36.8 Å². The number of carbonyl (C=O) groups excluding carboxylic acids is 2. The van der Waals surface area contributed by atoms with Crippen molar-refractivity contribution in [2.24, 2.45) is 5.92 Å². The zero-order chi connectivity index (χ0) is 18.7. The molecular formula is C20H22N2O4. The van der Waals surface area contributed by atoms with Crippen LogP contribution in [0.25, 0.3) is 0 Å². The summed E-state index contributed by atoms with van der Waals surface area (Å²) in [5, 5.41) is 2.86. The van der Waals surface area contributed by atoms with Crippen molar-refractivity contribution in [1.82, 2.24) is 0 Å². The lowest BCUT2D eigenvalue weighted by atomic mass is 10.1. The first kappa shape index (κ1) is 17.8. The highest BCUT2D eigenvalue weighted by Crippen LogP contribution is 2.34. The molecule has 0 spiro atoms. The molecular weight excluding hydrogens is 332 g/mol. The molecule has 1 atom stereocenters. The molecule has 2 aromatic carbocycles. The Morgan fingerprint density at radius 2 is 1.85 bits per heavy atom. The Labute approximate surface area is 152 Å². The molecule has 136 valence electrons. The van der Waals surface area contributed by atoms with Gasteiger partial charge in [-0.2, -0.15) is 0 Å². The Morgan fingerprint density at radius 3 is 2.58 bits per heavy atom. The van der Waals surface area contributed by atoms with Gasteiger partial charge in [0.15, 0.2) is 0 Å². The van der Waals surface area contributed by atoms with E-state index in [2.05, 4.69) is 5.32 Å². The van der Waals surface area contributed by atoms with E-state index in [1.807, 2.05) is 37.3 Å². The molecule has 6 nitrogen and oxygen atoms in total. The van der Waals surface area contributed by atoms with Crippen molar-refractivity contribution in [2.75, 3.05) is 31.0 Å². The fourth-order valence-electron chi connectivity index (χ4n) is 3.11. The van der Waals surface area contributed by atoms with Crippen LogP contribution in [-0.2, 0) is 9.59 Å². The van der Waals surface area contributed by atoms with Crippen molar-refractivity contribution in [3.63, 3.8) is 0 Å². The van der Waals surface area contributed by atoms with Crippen molar-refractivity contribution in [2.45, 2.75) is 13.3 Å². The Morgan fingerprint density at radius 1 is 1.12 bits per heavy atom. The number of amides is 2. The Kier molecular flexibility index (Phi) is 5.11. The Balaban J connectivity index is 1.77. The third-order valence-corrected chi connectivity index (χ3v) is 4.49. The molecule has 1 heterocycles. The molecule has 2 amide bonds. The number of nitrogens with zero attached hydrogens (tertiary/aromatic N) is 1. The number of nitrogens with one attached hydrogen (secondary N) is 1. The number of aryl methyl sites for hydroxylation is 1. The number of para-hydroxylation sites is 2. The minimum Gasteiger partial charge on any atom is -0.495 e. The number of anilines is 2. The number of methoxy groups -OCH3 is 2. The van der Waals surface area contributed by atoms with Gasteiger partial charge in [0.1, 0.15) is 11.5 Å². The molecule has 1 fully saturated rings. The molecule has 6 heteroatoms. The predicted octanol–water partition coefficient (Wildman–Crippen LogP) is 3.00. The highest BCUT2D eigenvalue weighted by Gasteiger charge is 2.36. The maximum atomic E-state index is 12.6. The first-order chi connectivity index (χ1) is 12.5. The first-order valence-electron chi connectivity index (χ1n) is 8.42. The molecule has 1 aliphatic heterocycles. The van der Waals surface area contributed by atoms with Crippen LogP contribution in [-0.4, -0.2) is 32.6 Å². The van der Waals surface area contributed by atoms with Crippen molar-refractivity contribution < 1.29 is 19.1 Å². The lowest BCUT2D eigenvalue weighted by Crippen LogP contribution is -2.28. The van der Waals surface area contributed by atoms with Gasteiger partial charge < -0.3 is 19.7 Å². The monoisotopic (exact) mass is 354 g/mol. The van der Waals surface area contributed by atoms with Crippen LogP contribution in [0.15, 0.2) is 42.5 Å². The second-order valence-electron chi connectivity index (χ2n) is 6.27. The minimum atomic E-state index is -0.433. The van der Waals surface area contributed by atoms with Crippen molar-refractivity contribution >= 4 is 23.2 Å². The third kappa shape index (κ3) is 3.49. The number of benzene rings is 2. The van der Waals surface area contributed by atoms with Gasteiger partial charge in [-0.1, -0.05) is 18.2 Å². The van der Waals surface area contributed by atoms with E-state index in [9.17, 15) is 9.59 Å². The third-order valence-electron chi connectivity index (χ3n) is 4.49. The summed E-state index contributed by atoms with van der Waals surface area (Å²) in [6, 6.07) is 12.9. The lowest BCUT2D eigenvalue weighted by molar-refractivity contribution is -0.122. The fourth-order valence-corrected chi connectivity index (χ4v) is 3.11. The first-order valence-corrected chi connectivity index (χ1v) is 8.42. The highest BCUT2D eigenvalue weighted by atomic mass is 16.5. The standard InChI is InChI=1S/C20H22N2O4/c1-13-8-9-18(26-3)16(10-13)22-12-14(11-19(22)23)20(24)21-15-6-4-5-7-17(15)25-2/h4-10,14H,11-12H2,1-3H3,(H,21,24)/t14-/m1/s1. The Bertz CT molecular complexity index is 834. The van der Waals surface area contributed by atoms with E-state index in [1.54, 1.807) is 31.3 Å². The number of rotatable bonds is 5. The summed E-state index contributed by atoms with van der Waals surface area (Å²) >= 11 is 0. The molecule has 3 rings (SSSR count). The number of carbonyl (C=O) groups is 2. The molecule has 26 heavy (non-hydrogen) atoms. The van der Waals surface area contributed by atoms with Crippen molar-refractivity contribution in [1.29, 1.82) is 0 Å². The topological polar surface area (TPSA) is 67.9 Å². The average molecular weight is 354 g/mol. The van der Waals surface area contributed by atoms with Gasteiger partial charge in [0, 0.05) is 13.0 Å². The van der Waals surface area contributed by atoms with E-state index in [4.69, 9.17) is 9.47 Å². The second-order valence-corrected chi connectivity index (χ2v) is 6.27. The number of hydrogen-bond acceptors (Lipinski definition) is 4. The molecule has 1 N–H and O–H groups in total. The molecule has 0 unspecified atom stereocenters. The Hall–Kier alpha value is -3.02. The van der Waals surface area contributed by atoms with Crippen molar-refractivity contribution in [3.8, 4) is 11.5 Å². The van der Waals surface area contributed by atoms with Crippen LogP contribution in [0.4, 0.5) is 11.4 Å². The van der Waals surface area contributed by atoms with Crippen LogP contribution >= 0.6 is 0 Å². The summed E-state index contributed by atoms with van der Waals surface area (Å²) in [5.41, 5.74) is 2.32. The SMILES string of the molecule is COc1ccccc1NC(=O)[C@@H]1CC(=O)N(c2cc(C)ccc2OC)C1. The molecule has 0 radical (unpaired) electrons. The molecule has 0 aromatic heterocycles. The summed E-state index contributed by atoms with van der Waals surface area (Å²) in [7, 11) is 3.12. The average Bonchev–Trinajstić information content (AvgIpc) is 3.04. The zero-order valence-electron chi connectivity index (χ0n) is 15.1. The smallest absolute Gasteiger partial charge is 0.229 e. The van der Waals surface area contributed by atoms with E-state index >= 15 is 0 Å². The molecule has 1 saturated heterocycles. The van der Waals surface area contributed by atoms with Gasteiger partial charge in [-0.25, -0.2) is 0 Å². The maximum Gasteiger partial charge on any atom is 0.229 e. The van der Waals surface area contributed by atoms with E-state index in [0.29, 0.717) is 29.4 Å². The number of ether oxygens (including phenoxy) is 2. The van der Waals surface area contributed by atoms with E-state index in [-0.39, 0.29) is 18.2 Å². The quantitative estimate of drug-likeness (QED) is 0.896. The van der Waals surface area contributed by atoms with Gasteiger partial charge in [-0.15, -0.1) is 0 Å². The molecule has 0 saturated carbocycles. The van der Waals surface area contributed by atoms with Gasteiger partial charge in [0.05, 0.1) is 31.5 Å². The van der Waals surface area contributed by atoms with Crippen LogP contribution in [0.5, 0.6) is 11.5 Å². The maximum absolute atomic E-state index is 12.6. The van der Waals surface area contributed by atoms with E-state index < -0.39 is 5.92 Å². The van der Waals surface area contributed by atoms with Crippen molar-refractivity contribution in [3.05, 3.63) is 48.0 Å². The van der Waals surface area contributed by atoms with Gasteiger partial charge in [0.25, 0.3) is 0 Å². The highest BCUT2D eigenvalue weighted by molar-refractivity contribution is 6.04. The van der Waals surface area contributed by atoms with Gasteiger partial charge in [-0.3, -0.25) is 9.59 Å². The summed E-state index contributed by atoms with van der Waals surface area (Å²) in [6.07, 6.45) is 0.165. The molecule has 1 aliphatic rings. The van der Waals surface area contributed by atoms with Crippen LogP contribution in [0.3, 0.4) is 0 Å². The second kappa shape index (κ2) is 7.47. The lowest BCUT2D eigenvalue weighted by Gasteiger charge is -2.20. The summed E-state index contributed by atoms with van der Waals surface area (Å²) in [5.74, 6) is 0.487. The summed E-state index contributed by atoms with van der Waals surface area (Å²) < 4.78 is 10.6. The van der Waals surface area contributed by atoms with Gasteiger partial charge >= 0.3 is 0 Å². The minimum absolute atomic E-state index is 0.0888. The van der Waals surface area contributed by atoms with Crippen LogP contribution in [0.2, 0.25) is 0 Å². The number of hydrogen-bond donors (Lipinski definition) is 1. The van der Waals surface area contributed by atoms with Crippen LogP contribution in [0.1, 0.15) is 12.0 Å². The summed E-state index contributed by atoms with van der Waals surface area (Å²) in [6.45, 7) is 2.27. The molecule has 2 aromatic rings. The van der Waals surface area contributed by atoms with Gasteiger partial charge in [0.2, 0.25) is 11.8 Å². The molecule has 0 bridgehead atoms. The normalized spacial score (nSPS) is 16.5. The van der Waals surface area contributed by atoms with Crippen LogP contribution in [0, 0.1) is 12.8 Å². The van der Waals surface area contributed by atoms with E-state index in [0.717, 1.165) is 5.56 Å².